The maximum absolute atomic E-state index is 9.46. The number of hydrogen-bond acceptors (Lipinski definition) is 3. The first-order valence-corrected chi connectivity index (χ1v) is 7.28. The van der Waals surface area contributed by atoms with Crippen LogP contribution < -0.4 is 5.32 Å². The highest BCUT2D eigenvalue weighted by Crippen LogP contribution is 2.26. The van der Waals surface area contributed by atoms with Crippen molar-refractivity contribution in [2.45, 2.75) is 25.0 Å². The van der Waals surface area contributed by atoms with E-state index in [9.17, 15) is 5.11 Å². The highest BCUT2D eigenvalue weighted by Gasteiger charge is 2.18. The summed E-state index contributed by atoms with van der Waals surface area (Å²) in [4.78, 5) is 0. The van der Waals surface area contributed by atoms with E-state index < -0.39 is 0 Å². The summed E-state index contributed by atoms with van der Waals surface area (Å²) >= 11 is 9.35. The third kappa shape index (κ3) is 3.68. The van der Waals surface area contributed by atoms with Gasteiger partial charge in [0.15, 0.2) is 0 Å². The lowest BCUT2D eigenvalue weighted by Gasteiger charge is -2.19. The number of nitrogens with one attached hydrogen (secondary N) is 1. The molecule has 1 aromatic rings. The minimum absolute atomic E-state index is 0.0563. The topological polar surface area (TPSA) is 41.5 Å². The lowest BCUT2D eigenvalue weighted by molar-refractivity contribution is 0.104. The van der Waals surface area contributed by atoms with Crippen molar-refractivity contribution >= 4 is 27.5 Å². The van der Waals surface area contributed by atoms with Crippen LogP contribution in [-0.2, 0) is 4.74 Å². The predicted octanol–water partition coefficient (Wildman–Crippen LogP) is 2.90. The van der Waals surface area contributed by atoms with Gasteiger partial charge >= 0.3 is 0 Å². The molecule has 1 saturated heterocycles. The van der Waals surface area contributed by atoms with Crippen LogP contribution in [0.5, 0.6) is 0 Å². The molecule has 0 spiro atoms. The molecule has 0 aromatic heterocycles. The zero-order valence-electron chi connectivity index (χ0n) is 10.0. The summed E-state index contributed by atoms with van der Waals surface area (Å²) in [6.07, 6.45) is 2.49. The monoisotopic (exact) mass is 333 g/mol. The van der Waals surface area contributed by atoms with Gasteiger partial charge in [0, 0.05) is 17.6 Å². The molecule has 0 radical (unpaired) electrons. The number of hydrogen-bond donors (Lipinski definition) is 2. The van der Waals surface area contributed by atoms with Crippen molar-refractivity contribution in [3.8, 4) is 0 Å². The quantitative estimate of drug-likeness (QED) is 0.870. The molecule has 2 N–H and O–H groups in total. The van der Waals surface area contributed by atoms with Gasteiger partial charge in [0.25, 0.3) is 0 Å². The minimum Gasteiger partial charge on any atom is -0.394 e. The largest absolute Gasteiger partial charge is 0.394 e. The van der Waals surface area contributed by atoms with Crippen molar-refractivity contribution in [1.29, 1.82) is 0 Å². The summed E-state index contributed by atoms with van der Waals surface area (Å²) in [7, 11) is 0. The molecule has 2 unspecified atom stereocenters. The highest BCUT2D eigenvalue weighted by atomic mass is 79.9. The first-order chi connectivity index (χ1) is 8.70. The molecule has 0 bridgehead atoms. The Kier molecular flexibility index (Phi) is 5.45. The Labute approximate surface area is 121 Å². The minimum atomic E-state index is -0.0808. The number of halogens is 2. The van der Waals surface area contributed by atoms with Crippen molar-refractivity contribution in [3.05, 3.63) is 33.3 Å². The van der Waals surface area contributed by atoms with Crippen LogP contribution in [0, 0.1) is 0 Å². The van der Waals surface area contributed by atoms with Gasteiger partial charge < -0.3 is 15.2 Å². The summed E-state index contributed by atoms with van der Waals surface area (Å²) in [5.74, 6) is 0. The average Bonchev–Trinajstić information content (AvgIpc) is 2.87. The summed E-state index contributed by atoms with van der Waals surface area (Å²) in [6, 6.07) is 5.61. The average molecular weight is 335 g/mol. The fraction of sp³-hybridized carbons (Fsp3) is 0.538. The van der Waals surface area contributed by atoms with Gasteiger partial charge in [-0.1, -0.05) is 17.7 Å². The molecule has 0 saturated carbocycles. The molecule has 1 aromatic carbocycles. The summed E-state index contributed by atoms with van der Waals surface area (Å²) < 4.78 is 6.40. The Morgan fingerprint density at radius 3 is 3.00 bits per heavy atom. The maximum Gasteiger partial charge on any atom is 0.0700 e. The van der Waals surface area contributed by atoms with E-state index in [4.69, 9.17) is 16.3 Å². The second-order valence-electron chi connectivity index (χ2n) is 4.45. The van der Waals surface area contributed by atoms with E-state index in [0.717, 1.165) is 36.0 Å². The van der Waals surface area contributed by atoms with E-state index in [-0.39, 0.29) is 18.8 Å². The maximum atomic E-state index is 9.46. The standard InChI is InChI=1S/C13H17BrClNO2/c14-11-6-9(3-4-12(11)15)13(8-17)16-7-10-2-1-5-18-10/h3-4,6,10,13,16-17H,1-2,5,7-8H2. The van der Waals surface area contributed by atoms with Gasteiger partial charge in [-0.3, -0.25) is 0 Å². The van der Waals surface area contributed by atoms with Crippen molar-refractivity contribution in [2.24, 2.45) is 0 Å². The van der Waals surface area contributed by atoms with Crippen molar-refractivity contribution in [2.75, 3.05) is 19.8 Å². The van der Waals surface area contributed by atoms with E-state index in [2.05, 4.69) is 21.2 Å². The highest BCUT2D eigenvalue weighted by molar-refractivity contribution is 9.10. The molecule has 2 atom stereocenters. The SMILES string of the molecule is OCC(NCC1CCCO1)c1ccc(Cl)c(Br)c1. The normalized spacial score (nSPS) is 21.2. The summed E-state index contributed by atoms with van der Waals surface area (Å²) in [6.45, 7) is 1.68. The number of ether oxygens (including phenoxy) is 1. The number of benzene rings is 1. The molecule has 1 fully saturated rings. The lowest BCUT2D eigenvalue weighted by Crippen LogP contribution is -2.31. The molecule has 1 heterocycles. The smallest absolute Gasteiger partial charge is 0.0700 e. The number of aliphatic hydroxyl groups is 1. The molecular formula is C13H17BrClNO2. The van der Waals surface area contributed by atoms with E-state index in [1.165, 1.54) is 0 Å². The second-order valence-corrected chi connectivity index (χ2v) is 5.71. The van der Waals surface area contributed by atoms with Gasteiger partial charge in [-0.15, -0.1) is 0 Å². The molecule has 1 aliphatic rings. The summed E-state index contributed by atoms with van der Waals surface area (Å²) in [5.41, 5.74) is 1.02. The first-order valence-electron chi connectivity index (χ1n) is 6.11. The van der Waals surface area contributed by atoms with Gasteiger partial charge in [-0.2, -0.15) is 0 Å². The van der Waals surface area contributed by atoms with E-state index in [0.29, 0.717) is 5.02 Å². The van der Waals surface area contributed by atoms with Crippen LogP contribution in [0.1, 0.15) is 24.4 Å². The number of rotatable bonds is 5. The Balaban J connectivity index is 1.96. The summed E-state index contributed by atoms with van der Waals surface area (Å²) in [5, 5.41) is 13.5. The van der Waals surface area contributed by atoms with Gasteiger partial charge in [-0.05, 0) is 46.5 Å². The van der Waals surface area contributed by atoms with Crippen LogP contribution in [0.2, 0.25) is 5.02 Å². The van der Waals surface area contributed by atoms with Gasteiger partial charge in [-0.25, -0.2) is 0 Å². The molecule has 2 rings (SSSR count). The molecule has 1 aliphatic heterocycles. The van der Waals surface area contributed by atoms with Crippen LogP contribution in [-0.4, -0.2) is 31.0 Å². The molecule has 0 amide bonds. The van der Waals surface area contributed by atoms with Crippen LogP contribution in [0.3, 0.4) is 0 Å². The fourth-order valence-corrected chi connectivity index (χ4v) is 2.61. The lowest BCUT2D eigenvalue weighted by atomic mass is 10.1. The van der Waals surface area contributed by atoms with Gasteiger partial charge in [0.05, 0.1) is 23.8 Å². The molecule has 0 aliphatic carbocycles. The predicted molar refractivity (Wildman–Crippen MR) is 76.0 cm³/mol. The van der Waals surface area contributed by atoms with Crippen LogP contribution in [0.25, 0.3) is 0 Å². The second kappa shape index (κ2) is 6.87. The first kappa shape index (κ1) is 14.3. The Hall–Kier alpha value is -0.130. The third-order valence-electron chi connectivity index (χ3n) is 3.14. The van der Waals surface area contributed by atoms with Gasteiger partial charge in [0.2, 0.25) is 0 Å². The van der Waals surface area contributed by atoms with Crippen molar-refractivity contribution < 1.29 is 9.84 Å². The number of aliphatic hydroxyl groups excluding tert-OH is 1. The zero-order chi connectivity index (χ0) is 13.0. The van der Waals surface area contributed by atoms with Crippen LogP contribution >= 0.6 is 27.5 Å². The van der Waals surface area contributed by atoms with Crippen molar-refractivity contribution in [1.82, 2.24) is 5.32 Å². The Morgan fingerprint density at radius 2 is 2.39 bits per heavy atom. The third-order valence-corrected chi connectivity index (χ3v) is 4.36. The van der Waals surface area contributed by atoms with E-state index in [1.807, 2.05) is 18.2 Å². The van der Waals surface area contributed by atoms with Crippen molar-refractivity contribution in [3.63, 3.8) is 0 Å². The molecule has 5 heteroatoms. The molecular weight excluding hydrogens is 318 g/mol. The zero-order valence-corrected chi connectivity index (χ0v) is 12.4. The van der Waals surface area contributed by atoms with E-state index >= 15 is 0 Å². The molecule has 100 valence electrons. The molecule has 3 nitrogen and oxygen atoms in total. The fourth-order valence-electron chi connectivity index (χ4n) is 2.10. The van der Waals surface area contributed by atoms with Crippen LogP contribution in [0.15, 0.2) is 22.7 Å². The Bertz CT molecular complexity index is 397. The van der Waals surface area contributed by atoms with E-state index in [1.54, 1.807) is 0 Å². The Morgan fingerprint density at radius 1 is 1.56 bits per heavy atom. The van der Waals surface area contributed by atoms with Crippen LogP contribution in [0.4, 0.5) is 0 Å². The molecule has 18 heavy (non-hydrogen) atoms. The van der Waals surface area contributed by atoms with Gasteiger partial charge in [0.1, 0.15) is 0 Å².